The molecule has 0 spiro atoms. The molecule has 0 saturated carbocycles. The second-order valence-electron chi connectivity index (χ2n) is 14.1. The quantitative estimate of drug-likeness (QED) is 0.161. The molecule has 1 aromatic heterocycles. The van der Waals surface area contributed by atoms with Gasteiger partial charge in [0.1, 0.15) is 0 Å². The maximum atomic E-state index is 2.40. The van der Waals surface area contributed by atoms with Gasteiger partial charge in [0.25, 0.3) is 0 Å². The summed E-state index contributed by atoms with van der Waals surface area (Å²) < 4.78 is 2.60. The monoisotopic (exact) mass is 703 g/mol. The van der Waals surface area contributed by atoms with Gasteiger partial charge in [0, 0.05) is 37.2 Å². The largest absolute Gasteiger partial charge is 0.310 e. The van der Waals surface area contributed by atoms with Gasteiger partial charge in [0.2, 0.25) is 0 Å². The van der Waals surface area contributed by atoms with Crippen molar-refractivity contribution in [2.24, 2.45) is 0 Å². The molecule has 0 unspecified atom stereocenters. The van der Waals surface area contributed by atoms with Crippen LogP contribution in [0.15, 0.2) is 200 Å². The van der Waals surface area contributed by atoms with E-state index >= 15 is 0 Å². The van der Waals surface area contributed by atoms with Crippen LogP contribution in [0.4, 0.5) is 17.1 Å². The average Bonchev–Trinajstić information content (AvgIpc) is 3.62. The third-order valence-corrected chi connectivity index (χ3v) is 12.2. The molecule has 0 fully saturated rings. The first-order valence-corrected chi connectivity index (χ1v) is 19.3. The summed E-state index contributed by atoms with van der Waals surface area (Å²) >= 11 is 1.86. The first-order valence-electron chi connectivity index (χ1n) is 18.5. The predicted molar refractivity (Wildman–Crippen MR) is 235 cm³/mol. The summed E-state index contributed by atoms with van der Waals surface area (Å²) in [5.74, 6) is 0. The summed E-state index contributed by atoms with van der Waals surface area (Å²) in [6.07, 6.45) is 0. The van der Waals surface area contributed by atoms with Crippen LogP contribution >= 0.6 is 11.3 Å². The topological polar surface area (TPSA) is 3.24 Å². The van der Waals surface area contributed by atoms with Gasteiger partial charge in [-0.3, -0.25) is 0 Å². The van der Waals surface area contributed by atoms with Crippen LogP contribution in [0, 0.1) is 0 Å². The molecule has 11 aromatic rings. The van der Waals surface area contributed by atoms with Gasteiger partial charge in [0.15, 0.2) is 0 Å². The van der Waals surface area contributed by atoms with E-state index in [-0.39, 0.29) is 0 Å². The highest BCUT2D eigenvalue weighted by molar-refractivity contribution is 7.25. The Morgan fingerprint density at radius 2 is 0.815 bits per heavy atom. The number of hydrogen-bond donors (Lipinski definition) is 0. The van der Waals surface area contributed by atoms with Crippen LogP contribution in [0.25, 0.3) is 85.5 Å². The Kier molecular flexibility index (Phi) is 7.11. The standard InChI is InChI=1S/C52H33NS/c1-4-14-42-34(10-1)13-9-18-43(42)36-20-25-39(26-21-36)53(41-29-31-47-46-17-7-8-19-50(46)54-51(47)33-41)40-27-22-37(23-28-40)49-32-38-12-3-6-16-45(38)52-44-15-5-2-11-35(44)24-30-48(49)52/h1-33H. The van der Waals surface area contributed by atoms with E-state index in [1.807, 2.05) is 11.3 Å². The van der Waals surface area contributed by atoms with Gasteiger partial charge < -0.3 is 4.90 Å². The van der Waals surface area contributed by atoms with Crippen LogP contribution < -0.4 is 4.90 Å². The van der Waals surface area contributed by atoms with Crippen molar-refractivity contribution in [2.45, 2.75) is 0 Å². The van der Waals surface area contributed by atoms with E-state index in [4.69, 9.17) is 0 Å². The van der Waals surface area contributed by atoms with Gasteiger partial charge in [-0.1, -0.05) is 152 Å². The van der Waals surface area contributed by atoms with Gasteiger partial charge in [0.05, 0.1) is 0 Å². The molecule has 0 radical (unpaired) electrons. The molecule has 0 aliphatic rings. The van der Waals surface area contributed by atoms with Crippen LogP contribution in [0.5, 0.6) is 0 Å². The normalized spacial score (nSPS) is 11.7. The summed E-state index contributed by atoms with van der Waals surface area (Å²) in [6, 6.07) is 73.5. The Labute approximate surface area is 317 Å². The zero-order valence-electron chi connectivity index (χ0n) is 29.4. The van der Waals surface area contributed by atoms with Crippen molar-refractivity contribution >= 4 is 91.7 Å². The predicted octanol–water partition coefficient (Wildman–Crippen LogP) is 15.5. The zero-order valence-corrected chi connectivity index (χ0v) is 30.2. The van der Waals surface area contributed by atoms with Crippen LogP contribution in [0.3, 0.4) is 0 Å². The summed E-state index contributed by atoms with van der Waals surface area (Å²) in [4.78, 5) is 2.40. The number of hydrogen-bond acceptors (Lipinski definition) is 2. The van der Waals surface area contributed by atoms with Crippen molar-refractivity contribution in [3.05, 3.63) is 200 Å². The first-order chi connectivity index (χ1) is 26.8. The first kappa shape index (κ1) is 30.8. The molecule has 252 valence electrons. The van der Waals surface area contributed by atoms with E-state index < -0.39 is 0 Å². The van der Waals surface area contributed by atoms with E-state index in [2.05, 4.69) is 205 Å². The molecule has 0 bridgehead atoms. The summed E-state index contributed by atoms with van der Waals surface area (Å²) in [6.45, 7) is 0. The van der Waals surface area contributed by atoms with Gasteiger partial charge >= 0.3 is 0 Å². The number of nitrogens with zero attached hydrogens (tertiary/aromatic N) is 1. The van der Waals surface area contributed by atoms with Crippen molar-refractivity contribution in [1.82, 2.24) is 0 Å². The second-order valence-corrected chi connectivity index (χ2v) is 15.2. The van der Waals surface area contributed by atoms with Gasteiger partial charge in [-0.25, -0.2) is 0 Å². The maximum Gasteiger partial charge on any atom is 0.0476 e. The maximum absolute atomic E-state index is 2.40. The molecule has 0 amide bonds. The Bertz CT molecular complexity index is 3190. The Morgan fingerprint density at radius 3 is 1.56 bits per heavy atom. The molecular weight excluding hydrogens is 671 g/mol. The minimum atomic E-state index is 1.12. The second kappa shape index (κ2) is 12.4. The summed E-state index contributed by atoms with van der Waals surface area (Å²) in [7, 11) is 0. The van der Waals surface area contributed by atoms with E-state index in [1.54, 1.807) is 0 Å². The lowest BCUT2D eigenvalue weighted by atomic mass is 9.90. The van der Waals surface area contributed by atoms with Crippen molar-refractivity contribution in [2.75, 3.05) is 4.90 Å². The fraction of sp³-hybridized carbons (Fsp3) is 0. The van der Waals surface area contributed by atoms with E-state index in [0.29, 0.717) is 0 Å². The van der Waals surface area contributed by atoms with Gasteiger partial charge in [-0.15, -0.1) is 11.3 Å². The average molecular weight is 704 g/mol. The number of fused-ring (bicyclic) bond motifs is 9. The molecule has 0 aliphatic carbocycles. The fourth-order valence-corrected chi connectivity index (χ4v) is 9.61. The highest BCUT2D eigenvalue weighted by Gasteiger charge is 2.17. The van der Waals surface area contributed by atoms with E-state index in [1.165, 1.54) is 85.5 Å². The lowest BCUT2D eigenvalue weighted by Crippen LogP contribution is -2.09. The van der Waals surface area contributed by atoms with Crippen molar-refractivity contribution in [1.29, 1.82) is 0 Å². The van der Waals surface area contributed by atoms with E-state index in [0.717, 1.165) is 17.1 Å². The van der Waals surface area contributed by atoms with Gasteiger partial charge in [-0.05, 0) is 114 Å². The molecule has 0 N–H and O–H groups in total. The van der Waals surface area contributed by atoms with Crippen LogP contribution in [-0.4, -0.2) is 0 Å². The Morgan fingerprint density at radius 1 is 0.296 bits per heavy atom. The number of thiophene rings is 1. The molecule has 0 atom stereocenters. The third-order valence-electron chi connectivity index (χ3n) is 11.0. The van der Waals surface area contributed by atoms with Gasteiger partial charge in [-0.2, -0.15) is 0 Å². The van der Waals surface area contributed by atoms with Crippen molar-refractivity contribution < 1.29 is 0 Å². The molecule has 54 heavy (non-hydrogen) atoms. The third kappa shape index (κ3) is 4.99. The van der Waals surface area contributed by atoms with Crippen LogP contribution in [-0.2, 0) is 0 Å². The summed E-state index contributed by atoms with van der Waals surface area (Å²) in [5.41, 5.74) is 8.29. The molecule has 1 nitrogen and oxygen atoms in total. The van der Waals surface area contributed by atoms with E-state index in [9.17, 15) is 0 Å². The van der Waals surface area contributed by atoms with Crippen LogP contribution in [0.1, 0.15) is 0 Å². The molecule has 1 heterocycles. The minimum Gasteiger partial charge on any atom is -0.310 e. The Balaban J connectivity index is 1.06. The molecule has 2 heteroatoms. The minimum absolute atomic E-state index is 1.12. The molecule has 0 saturated heterocycles. The SMILES string of the molecule is c1ccc2c(-c3ccc(N(c4ccc(-c5cc6ccccc6c6c5ccc5ccccc56)cc4)c4ccc5c(c4)sc4ccccc45)cc3)cccc2c1. The molecule has 11 rings (SSSR count). The fourth-order valence-electron chi connectivity index (χ4n) is 8.47. The lowest BCUT2D eigenvalue weighted by Gasteiger charge is -2.26. The van der Waals surface area contributed by atoms with Crippen molar-refractivity contribution in [3.63, 3.8) is 0 Å². The number of anilines is 3. The molecular formula is C52H33NS. The lowest BCUT2D eigenvalue weighted by molar-refractivity contribution is 1.29. The molecule has 10 aromatic carbocycles. The zero-order chi connectivity index (χ0) is 35.6. The molecule has 0 aliphatic heterocycles. The number of benzene rings is 10. The Hall–Kier alpha value is -6.74. The highest BCUT2D eigenvalue weighted by Crippen LogP contribution is 2.43. The van der Waals surface area contributed by atoms with Crippen LogP contribution in [0.2, 0.25) is 0 Å². The van der Waals surface area contributed by atoms with Crippen molar-refractivity contribution in [3.8, 4) is 22.3 Å². The smallest absolute Gasteiger partial charge is 0.0476 e. The number of rotatable bonds is 5. The summed E-state index contributed by atoms with van der Waals surface area (Å²) in [5, 5.41) is 12.8. The highest BCUT2D eigenvalue weighted by atomic mass is 32.1.